The summed E-state index contributed by atoms with van der Waals surface area (Å²) in [4.78, 5) is 10.7. The van der Waals surface area contributed by atoms with Crippen molar-refractivity contribution < 1.29 is 23.1 Å². The number of alkyl halides is 3. The molecule has 0 aliphatic rings. The average Bonchev–Trinajstić information content (AvgIpc) is 2.28. The predicted molar refractivity (Wildman–Crippen MR) is 61.1 cm³/mol. The van der Waals surface area contributed by atoms with E-state index >= 15 is 0 Å². The van der Waals surface area contributed by atoms with E-state index in [9.17, 15) is 18.0 Å². The normalized spacial score (nSPS) is 12.0. The quantitative estimate of drug-likeness (QED) is 0.873. The first-order valence-electron chi connectivity index (χ1n) is 5.17. The van der Waals surface area contributed by atoms with Crippen molar-refractivity contribution in [3.8, 4) is 0 Å². The van der Waals surface area contributed by atoms with Gasteiger partial charge in [-0.3, -0.25) is 0 Å². The highest BCUT2D eigenvalue weighted by atomic mass is 19.4. The molecule has 0 saturated carbocycles. The Morgan fingerprint density at radius 1 is 1.39 bits per heavy atom. The zero-order chi connectivity index (χ0) is 13.8. The second kappa shape index (κ2) is 5.68. The molecule has 1 aromatic rings. The number of nitrogens with two attached hydrogens (primary N) is 1. The Morgan fingerprint density at radius 2 is 2.06 bits per heavy atom. The molecule has 0 amide bonds. The Bertz CT molecular complexity index is 467. The van der Waals surface area contributed by atoms with Crippen LogP contribution in [-0.4, -0.2) is 17.6 Å². The van der Waals surface area contributed by atoms with Crippen LogP contribution >= 0.6 is 0 Å². The molecule has 3 nitrogen and oxygen atoms in total. The Morgan fingerprint density at radius 3 is 2.56 bits per heavy atom. The van der Waals surface area contributed by atoms with Crippen LogP contribution in [0.4, 0.5) is 13.2 Å². The molecule has 18 heavy (non-hydrogen) atoms. The highest BCUT2D eigenvalue weighted by molar-refractivity contribution is 5.90. The average molecular weight is 259 g/mol. The molecule has 0 atom stereocenters. The van der Waals surface area contributed by atoms with E-state index in [1.54, 1.807) is 6.08 Å². The third-order valence-electron chi connectivity index (χ3n) is 2.22. The second-order valence-corrected chi connectivity index (χ2v) is 3.59. The van der Waals surface area contributed by atoms with Gasteiger partial charge in [-0.05, 0) is 30.7 Å². The van der Waals surface area contributed by atoms with Crippen LogP contribution in [0.25, 0.3) is 6.08 Å². The van der Waals surface area contributed by atoms with Crippen molar-refractivity contribution in [1.29, 1.82) is 0 Å². The van der Waals surface area contributed by atoms with Crippen molar-refractivity contribution in [3.05, 3.63) is 41.0 Å². The summed E-state index contributed by atoms with van der Waals surface area (Å²) in [6.07, 6.45) is -1.03. The van der Waals surface area contributed by atoms with Crippen LogP contribution in [0.3, 0.4) is 0 Å². The summed E-state index contributed by atoms with van der Waals surface area (Å²) in [5.41, 5.74) is 3.64. The molecule has 0 saturated heterocycles. The van der Waals surface area contributed by atoms with E-state index in [-0.39, 0.29) is 0 Å². The molecule has 1 aromatic carbocycles. The summed E-state index contributed by atoms with van der Waals surface area (Å²) >= 11 is 0. The van der Waals surface area contributed by atoms with Gasteiger partial charge >= 0.3 is 12.1 Å². The second-order valence-electron chi connectivity index (χ2n) is 3.59. The van der Waals surface area contributed by atoms with Crippen LogP contribution in [0.2, 0.25) is 0 Å². The molecule has 0 aliphatic carbocycles. The number of rotatable bonds is 4. The number of carboxylic acids is 1. The topological polar surface area (TPSA) is 63.3 Å². The molecule has 6 heteroatoms. The number of carboxylic acid groups (broad SMARTS) is 1. The van der Waals surface area contributed by atoms with E-state index in [2.05, 4.69) is 0 Å². The lowest BCUT2D eigenvalue weighted by Crippen LogP contribution is -2.13. The predicted octanol–water partition coefficient (Wildman–Crippen LogP) is 2.77. The van der Waals surface area contributed by atoms with Crippen LogP contribution < -0.4 is 5.73 Å². The van der Waals surface area contributed by atoms with Crippen molar-refractivity contribution in [1.82, 2.24) is 0 Å². The van der Waals surface area contributed by atoms with Gasteiger partial charge in [0.25, 0.3) is 0 Å². The molecule has 0 unspecified atom stereocenters. The molecule has 0 heterocycles. The fourth-order valence-corrected chi connectivity index (χ4v) is 1.40. The third-order valence-corrected chi connectivity index (χ3v) is 2.22. The third kappa shape index (κ3) is 3.59. The maximum Gasteiger partial charge on any atom is 0.417 e. The van der Waals surface area contributed by atoms with Gasteiger partial charge in [0.2, 0.25) is 0 Å². The maximum absolute atomic E-state index is 12.7. The van der Waals surface area contributed by atoms with Gasteiger partial charge in [-0.15, -0.1) is 0 Å². The van der Waals surface area contributed by atoms with E-state index in [0.29, 0.717) is 18.5 Å². The lowest BCUT2D eigenvalue weighted by molar-refractivity contribution is -0.138. The van der Waals surface area contributed by atoms with E-state index in [1.807, 2.05) is 0 Å². The smallest absolute Gasteiger partial charge is 0.417 e. The number of halogens is 3. The van der Waals surface area contributed by atoms with Gasteiger partial charge in [0, 0.05) is 0 Å². The van der Waals surface area contributed by atoms with Crippen molar-refractivity contribution in [3.63, 3.8) is 0 Å². The summed E-state index contributed by atoms with van der Waals surface area (Å²) in [5, 5.41) is 8.70. The fourth-order valence-electron chi connectivity index (χ4n) is 1.40. The Kier molecular flexibility index (Phi) is 4.49. The van der Waals surface area contributed by atoms with Crippen LogP contribution in [0.5, 0.6) is 0 Å². The Labute approximate surface area is 102 Å². The molecule has 1 rings (SSSR count). The lowest BCUT2D eigenvalue weighted by atomic mass is 10.0. The number of benzene rings is 1. The van der Waals surface area contributed by atoms with Gasteiger partial charge in [0.05, 0.1) is 11.1 Å². The van der Waals surface area contributed by atoms with E-state index in [4.69, 9.17) is 10.8 Å². The molecule has 0 spiro atoms. The molecule has 0 aromatic heterocycles. The minimum Gasteiger partial charge on any atom is -0.478 e. The summed E-state index contributed by atoms with van der Waals surface area (Å²) in [5.74, 6) is -1.60. The van der Waals surface area contributed by atoms with Crippen LogP contribution in [0, 0.1) is 0 Å². The minimum absolute atomic E-state index is 0.292. The van der Waals surface area contributed by atoms with Crippen LogP contribution in [0.15, 0.2) is 24.3 Å². The van der Waals surface area contributed by atoms with Gasteiger partial charge < -0.3 is 10.8 Å². The zero-order valence-corrected chi connectivity index (χ0v) is 9.37. The molecule has 0 bridgehead atoms. The molecule has 0 radical (unpaired) electrons. The van der Waals surface area contributed by atoms with Gasteiger partial charge in [0.1, 0.15) is 0 Å². The van der Waals surface area contributed by atoms with E-state index < -0.39 is 23.3 Å². The number of aromatic carboxylic acids is 1. The van der Waals surface area contributed by atoms with Crippen molar-refractivity contribution in [2.24, 2.45) is 5.73 Å². The number of carbonyl (C=O) groups is 1. The largest absolute Gasteiger partial charge is 0.478 e. The van der Waals surface area contributed by atoms with E-state index in [1.165, 1.54) is 12.1 Å². The molecular weight excluding hydrogens is 247 g/mol. The standard InChI is InChI=1S/C12H12F3NO2/c13-12(14,15)10-7-8(3-1-2-6-16)4-5-9(10)11(17)18/h1,3-5,7H,2,6,16H2,(H,17,18). The minimum atomic E-state index is -4.69. The highest BCUT2D eigenvalue weighted by Crippen LogP contribution is 2.33. The Hall–Kier alpha value is -1.82. The molecule has 3 N–H and O–H groups in total. The summed E-state index contributed by atoms with van der Waals surface area (Å²) in [7, 11) is 0. The highest BCUT2D eigenvalue weighted by Gasteiger charge is 2.35. The summed E-state index contributed by atoms with van der Waals surface area (Å²) < 4.78 is 38.0. The van der Waals surface area contributed by atoms with Gasteiger partial charge in [0.15, 0.2) is 0 Å². The summed E-state index contributed by atoms with van der Waals surface area (Å²) in [6.45, 7) is 0.399. The molecule has 98 valence electrons. The molecule has 0 fully saturated rings. The first-order valence-corrected chi connectivity index (χ1v) is 5.17. The number of hydrogen-bond donors (Lipinski definition) is 2. The monoisotopic (exact) mass is 259 g/mol. The van der Waals surface area contributed by atoms with Gasteiger partial charge in [-0.2, -0.15) is 13.2 Å². The lowest BCUT2D eigenvalue weighted by Gasteiger charge is -2.10. The molecule has 0 aliphatic heterocycles. The first kappa shape index (κ1) is 14.2. The van der Waals surface area contributed by atoms with Gasteiger partial charge in [-0.1, -0.05) is 18.2 Å². The Balaban J connectivity index is 3.18. The van der Waals surface area contributed by atoms with Crippen molar-refractivity contribution in [2.45, 2.75) is 12.6 Å². The SMILES string of the molecule is NCCC=Cc1ccc(C(=O)O)c(C(F)(F)F)c1. The maximum atomic E-state index is 12.7. The first-order chi connectivity index (χ1) is 8.36. The van der Waals surface area contributed by atoms with Crippen molar-refractivity contribution in [2.75, 3.05) is 6.54 Å². The van der Waals surface area contributed by atoms with Crippen LogP contribution in [0.1, 0.15) is 27.9 Å². The van der Waals surface area contributed by atoms with E-state index in [0.717, 1.165) is 12.1 Å². The zero-order valence-electron chi connectivity index (χ0n) is 9.37. The van der Waals surface area contributed by atoms with Crippen LogP contribution in [-0.2, 0) is 6.18 Å². The summed E-state index contributed by atoms with van der Waals surface area (Å²) in [6, 6.07) is 3.09. The van der Waals surface area contributed by atoms with Gasteiger partial charge in [-0.25, -0.2) is 4.79 Å². The van der Waals surface area contributed by atoms with Crippen molar-refractivity contribution >= 4 is 12.0 Å². The molecular formula is C12H12F3NO2. The number of hydrogen-bond acceptors (Lipinski definition) is 2. The fraction of sp³-hybridized carbons (Fsp3) is 0.250.